The molecule has 1 fully saturated rings. The highest BCUT2D eigenvalue weighted by Gasteiger charge is 2.22. The highest BCUT2D eigenvalue weighted by molar-refractivity contribution is 9.10. The molecular formula is C14H18BrN3. The molecule has 1 saturated heterocycles. The lowest BCUT2D eigenvalue weighted by Crippen LogP contribution is -2.33. The van der Waals surface area contributed by atoms with Gasteiger partial charge in [0.25, 0.3) is 0 Å². The number of pyridine rings is 1. The van der Waals surface area contributed by atoms with Crippen molar-refractivity contribution in [2.24, 2.45) is 0 Å². The topological polar surface area (TPSA) is 20.5 Å². The third-order valence-electron chi connectivity index (χ3n) is 3.92. The van der Waals surface area contributed by atoms with Crippen molar-refractivity contribution in [3.63, 3.8) is 0 Å². The molecule has 2 aromatic rings. The van der Waals surface area contributed by atoms with Crippen molar-refractivity contribution in [3.8, 4) is 0 Å². The molecule has 96 valence electrons. The summed E-state index contributed by atoms with van der Waals surface area (Å²) < 4.78 is 3.34. The molecule has 0 amide bonds. The third-order valence-corrected chi connectivity index (χ3v) is 4.39. The van der Waals surface area contributed by atoms with Crippen molar-refractivity contribution in [3.05, 3.63) is 34.8 Å². The molecule has 1 aliphatic heterocycles. The monoisotopic (exact) mass is 307 g/mol. The smallest absolute Gasteiger partial charge is 0.116 e. The van der Waals surface area contributed by atoms with E-state index in [0.717, 1.165) is 4.47 Å². The molecule has 0 aromatic carbocycles. The number of hydrogen-bond donors (Lipinski definition) is 0. The zero-order chi connectivity index (χ0) is 12.5. The number of halogens is 1. The summed E-state index contributed by atoms with van der Waals surface area (Å²) in [5.41, 5.74) is 1.19. The average molecular weight is 308 g/mol. The maximum Gasteiger partial charge on any atom is 0.116 e. The number of likely N-dealkylation sites (tertiary alicyclic amines) is 1. The summed E-state index contributed by atoms with van der Waals surface area (Å²) >= 11 is 3.54. The maximum atomic E-state index is 4.63. The highest BCUT2D eigenvalue weighted by Crippen LogP contribution is 2.28. The van der Waals surface area contributed by atoms with Gasteiger partial charge in [-0.1, -0.05) is 6.92 Å². The third kappa shape index (κ3) is 2.19. The van der Waals surface area contributed by atoms with Crippen molar-refractivity contribution >= 4 is 21.4 Å². The zero-order valence-electron chi connectivity index (χ0n) is 10.6. The van der Waals surface area contributed by atoms with Crippen LogP contribution < -0.4 is 0 Å². The van der Waals surface area contributed by atoms with E-state index >= 15 is 0 Å². The van der Waals surface area contributed by atoms with Gasteiger partial charge in [0.05, 0.1) is 11.7 Å². The van der Waals surface area contributed by atoms with Gasteiger partial charge in [-0.25, -0.2) is 4.98 Å². The summed E-state index contributed by atoms with van der Waals surface area (Å²) in [5.74, 6) is 1.83. The molecule has 2 aromatic heterocycles. The van der Waals surface area contributed by atoms with Crippen LogP contribution in [0.25, 0.3) is 5.52 Å². The first-order valence-electron chi connectivity index (χ1n) is 6.63. The minimum Gasteiger partial charge on any atom is -0.304 e. The Morgan fingerprint density at radius 2 is 2.11 bits per heavy atom. The molecule has 0 bridgehead atoms. The van der Waals surface area contributed by atoms with Crippen LogP contribution in [-0.2, 0) is 0 Å². The van der Waals surface area contributed by atoms with Gasteiger partial charge in [-0.3, -0.25) is 0 Å². The van der Waals surface area contributed by atoms with Crippen molar-refractivity contribution < 1.29 is 0 Å². The Labute approximate surface area is 116 Å². The SMILES string of the molecule is CCN1CCC(c2ncc3ccc(Br)cn23)CC1. The van der Waals surface area contributed by atoms with E-state index in [1.54, 1.807) is 0 Å². The van der Waals surface area contributed by atoms with Crippen molar-refractivity contribution in [1.29, 1.82) is 0 Å². The minimum absolute atomic E-state index is 0.601. The van der Waals surface area contributed by atoms with E-state index in [2.05, 4.69) is 55.5 Å². The predicted octanol–water partition coefficient (Wildman–Crippen LogP) is 3.30. The fourth-order valence-electron chi connectivity index (χ4n) is 2.79. The van der Waals surface area contributed by atoms with E-state index in [9.17, 15) is 0 Å². The fraction of sp³-hybridized carbons (Fsp3) is 0.500. The van der Waals surface area contributed by atoms with Crippen LogP contribution in [-0.4, -0.2) is 33.9 Å². The van der Waals surface area contributed by atoms with Crippen LogP contribution in [0.2, 0.25) is 0 Å². The van der Waals surface area contributed by atoms with Crippen LogP contribution in [0.5, 0.6) is 0 Å². The molecule has 3 nitrogen and oxygen atoms in total. The normalized spacial score (nSPS) is 18.6. The van der Waals surface area contributed by atoms with E-state index in [-0.39, 0.29) is 0 Å². The molecule has 0 unspecified atom stereocenters. The average Bonchev–Trinajstić information content (AvgIpc) is 2.82. The van der Waals surface area contributed by atoms with Crippen molar-refractivity contribution in [2.75, 3.05) is 19.6 Å². The van der Waals surface area contributed by atoms with Gasteiger partial charge in [0.2, 0.25) is 0 Å². The first-order chi connectivity index (χ1) is 8.78. The van der Waals surface area contributed by atoms with Crippen LogP contribution in [0.4, 0.5) is 0 Å². The Hall–Kier alpha value is -0.870. The Kier molecular flexibility index (Phi) is 3.39. The van der Waals surface area contributed by atoms with Gasteiger partial charge in [-0.2, -0.15) is 0 Å². The number of aromatic nitrogens is 2. The molecule has 4 heteroatoms. The Morgan fingerprint density at radius 1 is 1.33 bits per heavy atom. The van der Waals surface area contributed by atoms with E-state index in [4.69, 9.17) is 0 Å². The summed E-state index contributed by atoms with van der Waals surface area (Å²) in [5, 5.41) is 0. The lowest BCUT2D eigenvalue weighted by molar-refractivity contribution is 0.219. The van der Waals surface area contributed by atoms with Crippen LogP contribution in [0.15, 0.2) is 29.0 Å². The Morgan fingerprint density at radius 3 is 2.83 bits per heavy atom. The van der Waals surface area contributed by atoms with E-state index in [0.29, 0.717) is 5.92 Å². The summed E-state index contributed by atoms with van der Waals surface area (Å²) in [6.07, 6.45) is 6.55. The van der Waals surface area contributed by atoms with Gasteiger partial charge in [0, 0.05) is 16.6 Å². The molecular weight excluding hydrogens is 290 g/mol. The molecule has 18 heavy (non-hydrogen) atoms. The van der Waals surface area contributed by atoms with Crippen LogP contribution in [0, 0.1) is 0 Å². The molecule has 0 aliphatic carbocycles. The van der Waals surface area contributed by atoms with Crippen molar-refractivity contribution in [2.45, 2.75) is 25.7 Å². The van der Waals surface area contributed by atoms with Gasteiger partial charge in [-0.05, 0) is 60.5 Å². The molecule has 0 spiro atoms. The Balaban J connectivity index is 1.88. The molecule has 3 rings (SSSR count). The molecule has 0 N–H and O–H groups in total. The summed E-state index contributed by atoms with van der Waals surface area (Å²) in [4.78, 5) is 7.15. The van der Waals surface area contributed by atoms with Gasteiger partial charge in [-0.15, -0.1) is 0 Å². The summed E-state index contributed by atoms with van der Waals surface area (Å²) in [6, 6.07) is 4.18. The second-order valence-corrected chi connectivity index (χ2v) is 5.88. The van der Waals surface area contributed by atoms with Gasteiger partial charge < -0.3 is 9.30 Å². The first-order valence-corrected chi connectivity index (χ1v) is 7.42. The maximum absolute atomic E-state index is 4.63. The predicted molar refractivity (Wildman–Crippen MR) is 77.0 cm³/mol. The molecule has 0 atom stereocenters. The molecule has 3 heterocycles. The number of imidazole rings is 1. The largest absolute Gasteiger partial charge is 0.304 e. The van der Waals surface area contributed by atoms with Crippen LogP contribution in [0.3, 0.4) is 0 Å². The van der Waals surface area contributed by atoms with Crippen LogP contribution >= 0.6 is 15.9 Å². The van der Waals surface area contributed by atoms with Gasteiger partial charge >= 0.3 is 0 Å². The number of nitrogens with zero attached hydrogens (tertiary/aromatic N) is 3. The standard InChI is InChI=1S/C14H18BrN3/c1-2-17-7-5-11(6-8-17)14-16-9-13-4-3-12(15)10-18(13)14/h3-4,9-11H,2,5-8H2,1H3. The number of fused-ring (bicyclic) bond motifs is 1. The Bertz CT molecular complexity index is 541. The van der Waals surface area contributed by atoms with E-state index in [1.165, 1.54) is 43.8 Å². The van der Waals surface area contributed by atoms with E-state index < -0.39 is 0 Å². The van der Waals surface area contributed by atoms with E-state index in [1.807, 2.05) is 6.20 Å². The van der Waals surface area contributed by atoms with Gasteiger partial charge in [0.15, 0.2) is 0 Å². The minimum atomic E-state index is 0.601. The molecule has 0 radical (unpaired) electrons. The first kappa shape index (κ1) is 12.2. The fourth-order valence-corrected chi connectivity index (χ4v) is 3.13. The van der Waals surface area contributed by atoms with Crippen molar-refractivity contribution in [1.82, 2.24) is 14.3 Å². The summed E-state index contributed by atoms with van der Waals surface area (Å²) in [6.45, 7) is 5.80. The summed E-state index contributed by atoms with van der Waals surface area (Å²) in [7, 11) is 0. The number of hydrogen-bond acceptors (Lipinski definition) is 2. The highest BCUT2D eigenvalue weighted by atomic mass is 79.9. The lowest BCUT2D eigenvalue weighted by atomic mass is 9.96. The van der Waals surface area contributed by atoms with Crippen LogP contribution in [0.1, 0.15) is 31.5 Å². The second-order valence-electron chi connectivity index (χ2n) is 4.97. The molecule has 0 saturated carbocycles. The van der Waals surface area contributed by atoms with Gasteiger partial charge in [0.1, 0.15) is 5.82 Å². The zero-order valence-corrected chi connectivity index (χ0v) is 12.2. The quantitative estimate of drug-likeness (QED) is 0.848. The second kappa shape index (κ2) is 5.02. The lowest BCUT2D eigenvalue weighted by Gasteiger charge is -2.30. The molecule has 1 aliphatic rings. The number of piperidine rings is 1. The number of rotatable bonds is 2.